The first-order valence-electron chi connectivity index (χ1n) is 3.80. The smallest absolute Gasteiger partial charge is 0.186 e. The molecule has 3 N–H and O–H groups in total. The first-order valence-corrected chi connectivity index (χ1v) is 3.80. The Kier molecular flexibility index (Phi) is 1.51. The van der Waals surface area contributed by atoms with Gasteiger partial charge in [0.05, 0.1) is 11.1 Å². The van der Waals surface area contributed by atoms with Crippen LogP contribution in [0.1, 0.15) is 12.6 Å². The summed E-state index contributed by atoms with van der Waals surface area (Å²) in [5.74, 6) is 0.428. The minimum Gasteiger partial charge on any atom is -0.383 e. The lowest BCUT2D eigenvalue weighted by atomic mass is 10.2. The van der Waals surface area contributed by atoms with E-state index < -0.39 is 0 Å². The van der Waals surface area contributed by atoms with E-state index in [4.69, 9.17) is 5.73 Å². The van der Waals surface area contributed by atoms with Gasteiger partial charge in [0.25, 0.3) is 0 Å². The first-order chi connectivity index (χ1) is 6.20. The fraction of sp³-hybridized carbons (Fsp3) is 0.125. The molecular formula is C8H9N5. The summed E-state index contributed by atoms with van der Waals surface area (Å²) < 4.78 is 0. The number of nitrogens with zero attached hydrogens (tertiary/aromatic N) is 3. The van der Waals surface area contributed by atoms with Crippen molar-refractivity contribution in [2.24, 2.45) is 0 Å². The fourth-order valence-electron chi connectivity index (χ4n) is 1.19. The minimum absolute atomic E-state index is 0.428. The molecule has 5 nitrogen and oxygen atoms in total. The zero-order valence-electron chi connectivity index (χ0n) is 7.20. The molecule has 0 spiro atoms. The predicted octanol–water partition coefficient (Wildman–Crippen LogP) is 0.968. The van der Waals surface area contributed by atoms with Gasteiger partial charge in [-0.05, 0) is 12.5 Å². The molecule has 0 unspecified atom stereocenters. The van der Waals surface area contributed by atoms with Crippen molar-refractivity contribution in [1.29, 1.82) is 0 Å². The fourth-order valence-corrected chi connectivity index (χ4v) is 1.19. The largest absolute Gasteiger partial charge is 0.383 e. The van der Waals surface area contributed by atoms with Gasteiger partial charge in [-0.15, -0.1) is 0 Å². The number of nitrogen functional groups attached to an aromatic ring is 1. The Hall–Kier alpha value is -1.91. The average molecular weight is 175 g/mol. The van der Waals surface area contributed by atoms with Crippen LogP contribution in [0.4, 0.5) is 5.82 Å². The van der Waals surface area contributed by atoms with Crippen molar-refractivity contribution < 1.29 is 0 Å². The van der Waals surface area contributed by atoms with Crippen LogP contribution in [0.3, 0.4) is 0 Å². The van der Waals surface area contributed by atoms with E-state index in [1.165, 1.54) is 6.33 Å². The summed E-state index contributed by atoms with van der Waals surface area (Å²) in [6.07, 6.45) is 1.39. The topological polar surface area (TPSA) is 80.5 Å². The van der Waals surface area contributed by atoms with Crippen LogP contribution in [0, 0.1) is 0 Å². The van der Waals surface area contributed by atoms with Crippen molar-refractivity contribution >= 4 is 22.4 Å². The highest BCUT2D eigenvalue weighted by Crippen LogP contribution is 2.22. The lowest BCUT2D eigenvalue weighted by Crippen LogP contribution is -1.92. The van der Waals surface area contributed by atoms with Crippen LogP contribution in [0.2, 0.25) is 0 Å². The number of H-pyrrole nitrogens is 1. The summed E-state index contributed by atoms with van der Waals surface area (Å²) in [7, 11) is 0. The van der Waals surface area contributed by atoms with E-state index in [0.717, 1.165) is 16.7 Å². The van der Waals surface area contributed by atoms with Crippen LogP contribution in [-0.4, -0.2) is 20.2 Å². The number of nitrogens with two attached hydrogens (primary N) is 1. The lowest BCUT2D eigenvalue weighted by molar-refractivity contribution is 1.07. The maximum Gasteiger partial charge on any atom is 0.186 e. The molecule has 2 aromatic rings. The van der Waals surface area contributed by atoms with Gasteiger partial charge in [0.1, 0.15) is 12.1 Å². The summed E-state index contributed by atoms with van der Waals surface area (Å²) in [6.45, 7) is 5.68. The van der Waals surface area contributed by atoms with Crippen LogP contribution in [0.25, 0.3) is 16.6 Å². The Bertz CT molecular complexity index is 470. The highest BCUT2D eigenvalue weighted by Gasteiger charge is 2.09. The average Bonchev–Trinajstić information content (AvgIpc) is 2.49. The van der Waals surface area contributed by atoms with Gasteiger partial charge in [-0.1, -0.05) is 6.58 Å². The maximum atomic E-state index is 5.69. The van der Waals surface area contributed by atoms with E-state index in [1.807, 2.05) is 6.92 Å². The number of nitrogens with one attached hydrogen (secondary N) is 1. The highest BCUT2D eigenvalue weighted by molar-refractivity contribution is 5.94. The number of aromatic amines is 1. The Labute approximate surface area is 74.7 Å². The number of rotatable bonds is 1. The number of anilines is 1. The van der Waals surface area contributed by atoms with Gasteiger partial charge in [0.2, 0.25) is 0 Å². The molecule has 0 amide bonds. The predicted molar refractivity (Wildman–Crippen MR) is 50.8 cm³/mol. The van der Waals surface area contributed by atoms with Gasteiger partial charge in [-0.2, -0.15) is 5.10 Å². The number of fused-ring (bicyclic) bond motifs is 1. The number of hydrogen-bond acceptors (Lipinski definition) is 4. The minimum atomic E-state index is 0.428. The second kappa shape index (κ2) is 2.55. The maximum absolute atomic E-state index is 5.69. The molecule has 2 aromatic heterocycles. The molecule has 0 aromatic carbocycles. The molecule has 0 saturated heterocycles. The standard InChI is InChI=1S/C8H9N5/c1-4(2)6-5-7(9)10-3-11-8(5)13-12-6/h3H,1H2,2H3,(H3,9,10,11,12,13). The van der Waals surface area contributed by atoms with Crippen molar-refractivity contribution in [3.8, 4) is 0 Å². The van der Waals surface area contributed by atoms with Crippen molar-refractivity contribution in [2.45, 2.75) is 6.92 Å². The monoisotopic (exact) mass is 175 g/mol. The Morgan fingerprint density at radius 3 is 3.00 bits per heavy atom. The Morgan fingerprint density at radius 1 is 1.54 bits per heavy atom. The lowest BCUT2D eigenvalue weighted by Gasteiger charge is -1.96. The van der Waals surface area contributed by atoms with Gasteiger partial charge in [0, 0.05) is 0 Å². The normalized spacial score (nSPS) is 10.5. The van der Waals surface area contributed by atoms with E-state index >= 15 is 0 Å². The molecule has 0 fully saturated rings. The second-order valence-electron chi connectivity index (χ2n) is 2.84. The van der Waals surface area contributed by atoms with Gasteiger partial charge >= 0.3 is 0 Å². The third kappa shape index (κ3) is 1.05. The highest BCUT2D eigenvalue weighted by atomic mass is 15.2. The molecule has 0 bridgehead atoms. The molecule has 0 radical (unpaired) electrons. The van der Waals surface area contributed by atoms with Crippen molar-refractivity contribution in [3.05, 3.63) is 18.6 Å². The van der Waals surface area contributed by atoms with Crippen LogP contribution in [0.15, 0.2) is 12.9 Å². The molecule has 0 atom stereocenters. The van der Waals surface area contributed by atoms with Crippen LogP contribution in [-0.2, 0) is 0 Å². The van der Waals surface area contributed by atoms with E-state index in [0.29, 0.717) is 11.5 Å². The van der Waals surface area contributed by atoms with Gasteiger partial charge in [-0.25, -0.2) is 9.97 Å². The van der Waals surface area contributed by atoms with E-state index in [9.17, 15) is 0 Å². The Balaban J connectivity index is 2.86. The summed E-state index contributed by atoms with van der Waals surface area (Å²) in [4.78, 5) is 7.86. The van der Waals surface area contributed by atoms with Crippen molar-refractivity contribution in [1.82, 2.24) is 20.2 Å². The molecule has 66 valence electrons. The molecule has 0 aliphatic heterocycles. The van der Waals surface area contributed by atoms with Gasteiger partial charge in [0.15, 0.2) is 5.65 Å². The van der Waals surface area contributed by atoms with E-state index in [1.54, 1.807) is 0 Å². The van der Waals surface area contributed by atoms with Crippen LogP contribution in [0.5, 0.6) is 0 Å². The van der Waals surface area contributed by atoms with E-state index in [2.05, 4.69) is 26.7 Å². The first kappa shape index (κ1) is 7.72. The van der Waals surface area contributed by atoms with Crippen molar-refractivity contribution in [2.75, 3.05) is 5.73 Å². The zero-order chi connectivity index (χ0) is 9.42. The third-order valence-corrected chi connectivity index (χ3v) is 1.81. The second-order valence-corrected chi connectivity index (χ2v) is 2.84. The van der Waals surface area contributed by atoms with Crippen molar-refractivity contribution in [3.63, 3.8) is 0 Å². The number of hydrogen-bond donors (Lipinski definition) is 2. The molecule has 13 heavy (non-hydrogen) atoms. The molecule has 0 aliphatic carbocycles. The number of aromatic nitrogens is 4. The number of allylic oxidation sites excluding steroid dienone is 1. The molecule has 2 rings (SSSR count). The van der Waals surface area contributed by atoms with Crippen LogP contribution >= 0.6 is 0 Å². The van der Waals surface area contributed by atoms with Crippen LogP contribution < -0.4 is 5.73 Å². The summed E-state index contributed by atoms with van der Waals surface area (Å²) in [6, 6.07) is 0. The van der Waals surface area contributed by atoms with Gasteiger partial charge < -0.3 is 5.73 Å². The van der Waals surface area contributed by atoms with Gasteiger partial charge in [-0.3, -0.25) is 5.10 Å². The third-order valence-electron chi connectivity index (χ3n) is 1.81. The molecule has 5 heteroatoms. The summed E-state index contributed by atoms with van der Waals surface area (Å²) in [5.41, 5.74) is 7.93. The molecule has 2 heterocycles. The van der Waals surface area contributed by atoms with E-state index in [-0.39, 0.29) is 0 Å². The molecular weight excluding hydrogens is 166 g/mol. The zero-order valence-corrected chi connectivity index (χ0v) is 7.20. The molecule has 0 saturated carbocycles. The quantitative estimate of drug-likeness (QED) is 0.676. The molecule has 0 aliphatic rings. The summed E-state index contributed by atoms with van der Waals surface area (Å²) in [5, 5.41) is 7.55. The summed E-state index contributed by atoms with van der Waals surface area (Å²) >= 11 is 0. The SMILES string of the molecule is C=C(C)c1[nH]nc2ncnc(N)c12. The Morgan fingerprint density at radius 2 is 2.31 bits per heavy atom.